The summed E-state index contributed by atoms with van der Waals surface area (Å²) < 4.78 is 19.3. The van der Waals surface area contributed by atoms with Crippen molar-refractivity contribution in [1.29, 1.82) is 0 Å². The maximum absolute atomic E-state index is 14.1. The number of rotatable bonds is 2. The number of hydrogen-bond donors (Lipinski definition) is 1. The van der Waals surface area contributed by atoms with Gasteiger partial charge in [-0.3, -0.25) is 0 Å². The van der Waals surface area contributed by atoms with Crippen molar-refractivity contribution in [3.63, 3.8) is 0 Å². The molecule has 0 spiro atoms. The Bertz CT molecular complexity index is 376. The first-order valence-corrected chi connectivity index (χ1v) is 5.53. The van der Waals surface area contributed by atoms with Gasteiger partial charge < -0.3 is 15.0 Å². The van der Waals surface area contributed by atoms with Gasteiger partial charge in [0.1, 0.15) is 11.4 Å². The fourth-order valence-electron chi connectivity index (χ4n) is 2.00. The minimum Gasteiger partial charge on any atom is -0.494 e. The predicted molar refractivity (Wildman–Crippen MR) is 62.8 cm³/mol. The van der Waals surface area contributed by atoms with Crippen LogP contribution in [-0.2, 0) is 0 Å². The smallest absolute Gasteiger partial charge is 0.153 e. The molecule has 1 aromatic carbocycles. The molecule has 2 rings (SSSR count). The van der Waals surface area contributed by atoms with Crippen molar-refractivity contribution in [2.45, 2.75) is 6.92 Å². The van der Waals surface area contributed by atoms with Crippen molar-refractivity contribution >= 4 is 5.69 Å². The highest BCUT2D eigenvalue weighted by molar-refractivity contribution is 5.61. The van der Waals surface area contributed by atoms with E-state index in [0.29, 0.717) is 17.0 Å². The molecular formula is C12H17FN2O. The Balaban J connectivity index is 2.39. The first-order chi connectivity index (χ1) is 7.74. The van der Waals surface area contributed by atoms with Gasteiger partial charge in [0.15, 0.2) is 5.82 Å². The van der Waals surface area contributed by atoms with E-state index < -0.39 is 0 Å². The second-order valence-corrected chi connectivity index (χ2v) is 3.98. The Kier molecular flexibility index (Phi) is 3.29. The summed E-state index contributed by atoms with van der Waals surface area (Å²) >= 11 is 0. The van der Waals surface area contributed by atoms with Crippen LogP contribution in [0.5, 0.6) is 5.75 Å². The van der Waals surface area contributed by atoms with Gasteiger partial charge in [0.05, 0.1) is 7.11 Å². The Morgan fingerprint density at radius 3 is 2.62 bits per heavy atom. The zero-order valence-corrected chi connectivity index (χ0v) is 9.72. The van der Waals surface area contributed by atoms with Crippen LogP contribution >= 0.6 is 0 Å². The zero-order chi connectivity index (χ0) is 11.5. The maximum Gasteiger partial charge on any atom is 0.153 e. The first-order valence-electron chi connectivity index (χ1n) is 5.53. The fraction of sp³-hybridized carbons (Fsp3) is 0.500. The van der Waals surface area contributed by atoms with E-state index in [1.807, 2.05) is 11.0 Å². The third kappa shape index (κ3) is 1.97. The quantitative estimate of drug-likeness (QED) is 0.825. The lowest BCUT2D eigenvalue weighted by Crippen LogP contribution is -2.44. The Labute approximate surface area is 95.2 Å². The van der Waals surface area contributed by atoms with E-state index in [4.69, 9.17) is 4.74 Å². The van der Waals surface area contributed by atoms with E-state index in [-0.39, 0.29) is 5.82 Å². The van der Waals surface area contributed by atoms with Gasteiger partial charge in [0.2, 0.25) is 0 Å². The summed E-state index contributed by atoms with van der Waals surface area (Å²) in [6, 6.07) is 3.58. The Morgan fingerprint density at radius 2 is 2.00 bits per heavy atom. The number of ether oxygens (including phenoxy) is 1. The average Bonchev–Trinajstić information content (AvgIpc) is 2.33. The van der Waals surface area contributed by atoms with Crippen molar-refractivity contribution in [2.75, 3.05) is 38.2 Å². The minimum atomic E-state index is -0.166. The lowest BCUT2D eigenvalue weighted by atomic mass is 10.1. The van der Waals surface area contributed by atoms with Crippen molar-refractivity contribution in [3.05, 3.63) is 23.5 Å². The highest BCUT2D eigenvalue weighted by atomic mass is 19.1. The third-order valence-corrected chi connectivity index (χ3v) is 2.93. The van der Waals surface area contributed by atoms with Crippen LogP contribution in [-0.4, -0.2) is 33.3 Å². The number of benzene rings is 1. The van der Waals surface area contributed by atoms with Gasteiger partial charge in [-0.25, -0.2) is 4.39 Å². The molecule has 0 bridgehead atoms. The molecule has 0 unspecified atom stereocenters. The molecule has 4 heteroatoms. The van der Waals surface area contributed by atoms with E-state index >= 15 is 0 Å². The van der Waals surface area contributed by atoms with Crippen LogP contribution in [0.15, 0.2) is 12.1 Å². The molecule has 0 radical (unpaired) electrons. The number of anilines is 1. The fourth-order valence-corrected chi connectivity index (χ4v) is 2.00. The maximum atomic E-state index is 14.1. The molecule has 1 aromatic rings. The molecule has 88 valence electrons. The molecule has 0 atom stereocenters. The van der Waals surface area contributed by atoms with E-state index in [1.165, 1.54) is 0 Å². The van der Waals surface area contributed by atoms with Crippen molar-refractivity contribution < 1.29 is 9.13 Å². The monoisotopic (exact) mass is 224 g/mol. The molecule has 0 saturated carbocycles. The zero-order valence-electron chi connectivity index (χ0n) is 9.72. The lowest BCUT2D eigenvalue weighted by molar-refractivity contribution is 0.408. The largest absolute Gasteiger partial charge is 0.494 e. The van der Waals surface area contributed by atoms with Crippen LogP contribution in [0.1, 0.15) is 5.56 Å². The summed E-state index contributed by atoms with van der Waals surface area (Å²) in [7, 11) is 1.58. The number of nitrogens with one attached hydrogen (secondary N) is 1. The molecule has 1 N–H and O–H groups in total. The molecule has 1 fully saturated rings. The number of hydrogen-bond acceptors (Lipinski definition) is 3. The van der Waals surface area contributed by atoms with Crippen LogP contribution in [0, 0.1) is 12.7 Å². The molecule has 3 nitrogen and oxygen atoms in total. The standard InChI is InChI=1S/C12H17FN2O/c1-9-3-4-10(16-2)12(11(9)13)15-7-5-14-6-8-15/h3-4,14H,5-8H2,1-2H3. The van der Waals surface area contributed by atoms with Gasteiger partial charge in [0.25, 0.3) is 0 Å². The summed E-state index contributed by atoms with van der Waals surface area (Å²) in [4.78, 5) is 2.04. The second-order valence-electron chi connectivity index (χ2n) is 3.98. The number of halogens is 1. The van der Waals surface area contributed by atoms with E-state index in [1.54, 1.807) is 20.1 Å². The van der Waals surface area contributed by atoms with Crippen LogP contribution < -0.4 is 15.0 Å². The molecule has 0 amide bonds. The predicted octanol–water partition coefficient (Wildman–Crippen LogP) is 1.55. The van der Waals surface area contributed by atoms with Crippen LogP contribution in [0.3, 0.4) is 0 Å². The summed E-state index contributed by atoms with van der Waals surface area (Å²) in [5.74, 6) is 0.450. The van der Waals surface area contributed by atoms with Crippen molar-refractivity contribution in [2.24, 2.45) is 0 Å². The molecule has 1 aliphatic heterocycles. The molecular weight excluding hydrogens is 207 g/mol. The first kappa shape index (κ1) is 11.2. The van der Waals surface area contributed by atoms with E-state index in [0.717, 1.165) is 26.2 Å². The van der Waals surface area contributed by atoms with Crippen LogP contribution in [0.2, 0.25) is 0 Å². The topological polar surface area (TPSA) is 24.5 Å². The summed E-state index contributed by atoms with van der Waals surface area (Å²) in [6.45, 7) is 5.18. The summed E-state index contributed by atoms with van der Waals surface area (Å²) in [5.41, 5.74) is 1.26. The molecule has 1 heterocycles. The van der Waals surface area contributed by atoms with Gasteiger partial charge in [-0.1, -0.05) is 6.07 Å². The lowest BCUT2D eigenvalue weighted by Gasteiger charge is -2.31. The highest BCUT2D eigenvalue weighted by Crippen LogP contribution is 2.33. The molecule has 1 saturated heterocycles. The average molecular weight is 224 g/mol. The SMILES string of the molecule is COc1ccc(C)c(F)c1N1CCNCC1. The minimum absolute atomic E-state index is 0.166. The summed E-state index contributed by atoms with van der Waals surface area (Å²) in [6.07, 6.45) is 0. The van der Waals surface area contributed by atoms with Gasteiger partial charge >= 0.3 is 0 Å². The normalized spacial score (nSPS) is 16.3. The molecule has 0 aliphatic carbocycles. The number of aryl methyl sites for hydroxylation is 1. The Morgan fingerprint density at radius 1 is 1.31 bits per heavy atom. The molecule has 1 aliphatic rings. The van der Waals surface area contributed by atoms with Crippen molar-refractivity contribution in [3.8, 4) is 5.75 Å². The van der Waals surface area contributed by atoms with Gasteiger partial charge in [-0.05, 0) is 18.6 Å². The number of nitrogens with zero attached hydrogens (tertiary/aromatic N) is 1. The van der Waals surface area contributed by atoms with Gasteiger partial charge in [0, 0.05) is 26.2 Å². The van der Waals surface area contributed by atoms with Crippen LogP contribution in [0.4, 0.5) is 10.1 Å². The van der Waals surface area contributed by atoms with Gasteiger partial charge in [-0.15, -0.1) is 0 Å². The molecule has 16 heavy (non-hydrogen) atoms. The number of piperazine rings is 1. The summed E-state index contributed by atoms with van der Waals surface area (Å²) in [5, 5.41) is 3.25. The molecule has 0 aromatic heterocycles. The van der Waals surface area contributed by atoms with Gasteiger partial charge in [-0.2, -0.15) is 0 Å². The second kappa shape index (κ2) is 4.70. The number of methoxy groups -OCH3 is 1. The third-order valence-electron chi connectivity index (χ3n) is 2.93. The van der Waals surface area contributed by atoms with E-state index in [9.17, 15) is 4.39 Å². The van der Waals surface area contributed by atoms with E-state index in [2.05, 4.69) is 5.32 Å². The van der Waals surface area contributed by atoms with Crippen LogP contribution in [0.25, 0.3) is 0 Å². The highest BCUT2D eigenvalue weighted by Gasteiger charge is 2.20. The van der Waals surface area contributed by atoms with Crippen molar-refractivity contribution in [1.82, 2.24) is 5.32 Å². The Hall–Kier alpha value is -1.29.